The number of nitrogens with one attached hydrogen (secondary N) is 1. The van der Waals surface area contributed by atoms with Gasteiger partial charge in [0.05, 0.1) is 6.54 Å². The topological polar surface area (TPSA) is 53.8 Å². The van der Waals surface area contributed by atoms with E-state index in [0.29, 0.717) is 23.6 Å². The quantitative estimate of drug-likeness (QED) is 0.420. The Morgan fingerprint density at radius 2 is 1.74 bits per heavy atom. The van der Waals surface area contributed by atoms with Gasteiger partial charge in [0.15, 0.2) is 5.76 Å². The molecule has 1 saturated heterocycles. The summed E-state index contributed by atoms with van der Waals surface area (Å²) in [7, 11) is 0. The normalized spacial score (nSPS) is 14.9. The van der Waals surface area contributed by atoms with Gasteiger partial charge in [0, 0.05) is 43.5 Å². The Morgan fingerprint density at radius 1 is 1.00 bits per heavy atom. The van der Waals surface area contributed by atoms with E-state index in [2.05, 4.69) is 57.1 Å². The van der Waals surface area contributed by atoms with E-state index in [4.69, 9.17) is 4.52 Å². The summed E-state index contributed by atoms with van der Waals surface area (Å²) in [5.41, 5.74) is 5.21. The van der Waals surface area contributed by atoms with Crippen molar-refractivity contribution in [3.63, 3.8) is 0 Å². The minimum absolute atomic E-state index is 0.265. The first-order valence-corrected chi connectivity index (χ1v) is 11.8. The highest BCUT2D eigenvalue weighted by atomic mass is 19.4. The number of alkyl halides is 3. The van der Waals surface area contributed by atoms with Gasteiger partial charge in [0.1, 0.15) is 11.4 Å². The Bertz CT molecular complexity index is 1090. The van der Waals surface area contributed by atoms with Crippen molar-refractivity contribution in [1.29, 1.82) is 0 Å². The maximum absolute atomic E-state index is 12.3. The fourth-order valence-electron chi connectivity index (χ4n) is 4.37. The molecule has 0 amide bonds. The highest BCUT2D eigenvalue weighted by Crippen LogP contribution is 2.26. The molecule has 0 saturated carbocycles. The fourth-order valence-corrected chi connectivity index (χ4v) is 4.37. The first-order chi connectivity index (χ1) is 16.8. The summed E-state index contributed by atoms with van der Waals surface area (Å²) >= 11 is 0. The molecule has 3 aromatic rings. The highest BCUT2D eigenvalue weighted by molar-refractivity contribution is 5.59. The van der Waals surface area contributed by atoms with Crippen molar-refractivity contribution >= 4 is 5.69 Å². The van der Waals surface area contributed by atoms with Gasteiger partial charge in [-0.15, -0.1) is 13.2 Å². The van der Waals surface area contributed by atoms with Crippen LogP contribution < -0.4 is 15.0 Å². The van der Waals surface area contributed by atoms with Gasteiger partial charge in [-0.05, 0) is 69.3 Å². The van der Waals surface area contributed by atoms with Crippen LogP contribution in [-0.2, 0) is 6.54 Å². The molecule has 2 heterocycles. The second kappa shape index (κ2) is 11.1. The maximum atomic E-state index is 12.3. The first-order valence-electron chi connectivity index (χ1n) is 11.8. The molecule has 6 nitrogen and oxygen atoms in total. The SMILES string of the molecule is Cc1ccc(N2CCN(CCCNCc3cc(-c4ccc(OC(F)(F)F)cc4)no3)CC2)c(C)c1. The summed E-state index contributed by atoms with van der Waals surface area (Å²) < 4.78 is 46.1. The standard InChI is InChI=1S/C26H31F3N4O2/c1-19-4-9-25(20(2)16-19)33-14-12-32(13-15-33)11-3-10-30-18-23-17-24(31-35-23)21-5-7-22(8-6-21)34-26(27,28)29/h4-9,16-17,30H,3,10-15,18H2,1-2H3. The van der Waals surface area contributed by atoms with Gasteiger partial charge in [-0.3, -0.25) is 4.90 Å². The van der Waals surface area contributed by atoms with E-state index in [1.807, 2.05) is 0 Å². The number of nitrogens with zero attached hydrogens (tertiary/aromatic N) is 3. The van der Waals surface area contributed by atoms with Crippen molar-refractivity contribution in [2.45, 2.75) is 33.2 Å². The van der Waals surface area contributed by atoms with Crippen LogP contribution in [0.25, 0.3) is 11.3 Å². The molecule has 1 fully saturated rings. The zero-order chi connectivity index (χ0) is 24.8. The molecule has 188 valence electrons. The fraction of sp³-hybridized carbons (Fsp3) is 0.423. The summed E-state index contributed by atoms with van der Waals surface area (Å²) in [6.07, 6.45) is -3.67. The van der Waals surface area contributed by atoms with Crippen molar-refractivity contribution in [3.8, 4) is 17.0 Å². The molecule has 0 unspecified atom stereocenters. The van der Waals surface area contributed by atoms with E-state index >= 15 is 0 Å². The van der Waals surface area contributed by atoms with Crippen LogP contribution in [-0.4, -0.2) is 55.7 Å². The molecule has 1 aliphatic heterocycles. The molecule has 0 aliphatic carbocycles. The molecule has 4 rings (SSSR count). The lowest BCUT2D eigenvalue weighted by molar-refractivity contribution is -0.274. The molecule has 0 radical (unpaired) electrons. The Kier molecular flexibility index (Phi) is 7.97. The molecule has 2 aromatic carbocycles. The summed E-state index contributed by atoms with van der Waals surface area (Å²) in [4.78, 5) is 4.97. The molecular weight excluding hydrogens is 457 g/mol. The predicted octanol–water partition coefficient (Wildman–Crippen LogP) is 5.16. The number of benzene rings is 2. The third-order valence-corrected chi connectivity index (χ3v) is 6.14. The molecule has 35 heavy (non-hydrogen) atoms. The van der Waals surface area contributed by atoms with Crippen molar-refractivity contribution in [2.24, 2.45) is 0 Å². The minimum atomic E-state index is -4.71. The number of piperazine rings is 1. The van der Waals surface area contributed by atoms with E-state index < -0.39 is 6.36 Å². The Hall–Kier alpha value is -3.04. The monoisotopic (exact) mass is 488 g/mol. The molecule has 0 spiro atoms. The predicted molar refractivity (Wildman–Crippen MR) is 130 cm³/mol. The Balaban J connectivity index is 1.14. The third-order valence-electron chi connectivity index (χ3n) is 6.14. The van der Waals surface area contributed by atoms with Crippen molar-refractivity contribution < 1.29 is 22.4 Å². The first kappa shape index (κ1) is 25.1. The van der Waals surface area contributed by atoms with Gasteiger partial charge in [-0.25, -0.2) is 0 Å². The van der Waals surface area contributed by atoms with Crippen LogP contribution in [0.2, 0.25) is 0 Å². The van der Waals surface area contributed by atoms with Crippen LogP contribution in [0.5, 0.6) is 5.75 Å². The van der Waals surface area contributed by atoms with Crippen molar-refractivity contribution in [3.05, 3.63) is 65.4 Å². The third kappa shape index (κ3) is 7.22. The number of ether oxygens (including phenoxy) is 1. The summed E-state index contributed by atoms with van der Waals surface area (Å²) in [6, 6.07) is 14.0. The molecule has 1 N–H and O–H groups in total. The van der Waals surface area contributed by atoms with E-state index in [1.165, 1.54) is 41.1 Å². The number of halogens is 3. The molecule has 9 heteroatoms. The van der Waals surface area contributed by atoms with E-state index in [0.717, 1.165) is 45.7 Å². The van der Waals surface area contributed by atoms with E-state index in [1.54, 1.807) is 6.07 Å². The van der Waals surface area contributed by atoms with Crippen molar-refractivity contribution in [1.82, 2.24) is 15.4 Å². The van der Waals surface area contributed by atoms with Gasteiger partial charge < -0.3 is 19.5 Å². The zero-order valence-electron chi connectivity index (χ0n) is 20.1. The maximum Gasteiger partial charge on any atom is 0.573 e. The molecule has 0 atom stereocenters. The minimum Gasteiger partial charge on any atom is -0.406 e. The number of rotatable bonds is 9. The zero-order valence-corrected chi connectivity index (χ0v) is 20.1. The summed E-state index contributed by atoms with van der Waals surface area (Å²) in [6.45, 7) is 11.0. The number of hydrogen-bond acceptors (Lipinski definition) is 6. The largest absolute Gasteiger partial charge is 0.573 e. The van der Waals surface area contributed by atoms with Crippen molar-refractivity contribution in [2.75, 3.05) is 44.2 Å². The summed E-state index contributed by atoms with van der Waals surface area (Å²) in [5, 5.41) is 7.39. The van der Waals surface area contributed by atoms with Gasteiger partial charge >= 0.3 is 6.36 Å². The second-order valence-electron chi connectivity index (χ2n) is 8.90. The molecule has 1 aromatic heterocycles. The van der Waals surface area contributed by atoms with Crippen LogP contribution in [0.4, 0.5) is 18.9 Å². The van der Waals surface area contributed by atoms with Gasteiger partial charge in [-0.2, -0.15) is 0 Å². The van der Waals surface area contributed by atoms with Crippen LogP contribution >= 0.6 is 0 Å². The molecule has 0 bridgehead atoms. The van der Waals surface area contributed by atoms with Gasteiger partial charge in [-0.1, -0.05) is 22.9 Å². The van der Waals surface area contributed by atoms with Crippen LogP contribution in [0.3, 0.4) is 0 Å². The van der Waals surface area contributed by atoms with Crippen LogP contribution in [0.15, 0.2) is 53.1 Å². The van der Waals surface area contributed by atoms with Crippen LogP contribution in [0, 0.1) is 13.8 Å². The lowest BCUT2D eigenvalue weighted by Gasteiger charge is -2.37. The Morgan fingerprint density at radius 3 is 2.43 bits per heavy atom. The number of aromatic nitrogens is 1. The average Bonchev–Trinajstić information content (AvgIpc) is 3.28. The number of anilines is 1. The summed E-state index contributed by atoms with van der Waals surface area (Å²) in [5.74, 6) is 0.413. The number of hydrogen-bond donors (Lipinski definition) is 1. The van der Waals surface area contributed by atoms with E-state index in [-0.39, 0.29) is 5.75 Å². The van der Waals surface area contributed by atoms with Gasteiger partial charge in [0.25, 0.3) is 0 Å². The van der Waals surface area contributed by atoms with E-state index in [9.17, 15) is 13.2 Å². The highest BCUT2D eigenvalue weighted by Gasteiger charge is 2.31. The smallest absolute Gasteiger partial charge is 0.406 e. The lowest BCUT2D eigenvalue weighted by atomic mass is 10.1. The van der Waals surface area contributed by atoms with Gasteiger partial charge in [0.2, 0.25) is 0 Å². The lowest BCUT2D eigenvalue weighted by Crippen LogP contribution is -2.47. The average molecular weight is 489 g/mol. The van der Waals surface area contributed by atoms with Crippen LogP contribution in [0.1, 0.15) is 23.3 Å². The second-order valence-corrected chi connectivity index (χ2v) is 8.90. The number of aryl methyl sites for hydroxylation is 2. The molecule has 1 aliphatic rings. The molecular formula is C26H31F3N4O2. The Labute approximate surface area is 203 Å².